The van der Waals surface area contributed by atoms with E-state index in [4.69, 9.17) is 10.2 Å². The molecule has 2 aromatic carbocycles. The Hall–Kier alpha value is -3.06. The van der Waals surface area contributed by atoms with Gasteiger partial charge in [0.25, 0.3) is 0 Å². The molecule has 3 rings (SSSR count). The second-order valence-corrected chi connectivity index (χ2v) is 8.92. The standard InChI is InChI=1S/C24H26F2N2O3/c1-23(2,3)20(24(4,30)22(27)29)19-18(12-14-8-6-5-7-9-14)31-21(28-19)16-13-15(25)10-11-17(16)26/h5-11,13,20,30H,12H2,1-4H3,(H2,27,29)/t20-,24?/m0/s1. The van der Waals surface area contributed by atoms with Gasteiger partial charge >= 0.3 is 0 Å². The molecule has 1 aromatic heterocycles. The highest BCUT2D eigenvalue weighted by molar-refractivity contribution is 5.84. The number of aliphatic hydroxyl groups is 1. The van der Waals surface area contributed by atoms with Crippen molar-refractivity contribution >= 4 is 5.91 Å². The lowest BCUT2D eigenvalue weighted by atomic mass is 9.68. The van der Waals surface area contributed by atoms with Gasteiger partial charge in [0.15, 0.2) is 0 Å². The number of oxazole rings is 1. The van der Waals surface area contributed by atoms with Crippen molar-refractivity contribution in [1.29, 1.82) is 0 Å². The van der Waals surface area contributed by atoms with E-state index in [2.05, 4.69) is 4.98 Å². The summed E-state index contributed by atoms with van der Waals surface area (Å²) < 4.78 is 34.1. The Morgan fingerprint density at radius 3 is 2.35 bits per heavy atom. The third kappa shape index (κ3) is 4.66. The number of rotatable bonds is 6. The summed E-state index contributed by atoms with van der Waals surface area (Å²) in [4.78, 5) is 16.6. The number of nitrogens with zero attached hydrogens (tertiary/aromatic N) is 1. The predicted octanol–water partition coefficient (Wildman–Crippen LogP) is 4.58. The van der Waals surface area contributed by atoms with Crippen LogP contribution in [-0.4, -0.2) is 21.6 Å². The zero-order chi connectivity index (χ0) is 23.0. The molecular weight excluding hydrogens is 402 g/mol. The fourth-order valence-corrected chi connectivity index (χ4v) is 3.94. The highest BCUT2D eigenvalue weighted by Gasteiger charge is 2.48. The first-order chi connectivity index (χ1) is 14.4. The number of nitrogens with two attached hydrogens (primary N) is 1. The predicted molar refractivity (Wildman–Crippen MR) is 113 cm³/mol. The fraction of sp³-hybridized carbons (Fsp3) is 0.333. The van der Waals surface area contributed by atoms with Crippen LogP contribution in [-0.2, 0) is 11.2 Å². The summed E-state index contributed by atoms with van der Waals surface area (Å²) in [6.45, 7) is 6.82. The van der Waals surface area contributed by atoms with Gasteiger partial charge in [-0.05, 0) is 36.1 Å². The van der Waals surface area contributed by atoms with Crippen molar-refractivity contribution in [2.24, 2.45) is 11.1 Å². The summed E-state index contributed by atoms with van der Waals surface area (Å²) in [6, 6.07) is 12.3. The molecular formula is C24H26F2N2O3. The topological polar surface area (TPSA) is 89.3 Å². The van der Waals surface area contributed by atoms with Crippen LogP contribution in [0.15, 0.2) is 52.9 Å². The van der Waals surface area contributed by atoms with Crippen LogP contribution in [0.2, 0.25) is 0 Å². The van der Waals surface area contributed by atoms with E-state index in [0.717, 1.165) is 23.8 Å². The van der Waals surface area contributed by atoms with E-state index in [1.54, 1.807) is 0 Å². The number of carbonyl (C=O) groups excluding carboxylic acids is 1. The first kappa shape index (κ1) is 22.6. The Bertz CT molecular complexity index is 1090. The van der Waals surface area contributed by atoms with Crippen molar-refractivity contribution in [1.82, 2.24) is 4.98 Å². The molecule has 1 unspecified atom stereocenters. The molecule has 0 aliphatic rings. The molecule has 2 atom stereocenters. The van der Waals surface area contributed by atoms with E-state index >= 15 is 0 Å². The van der Waals surface area contributed by atoms with Gasteiger partial charge < -0.3 is 15.3 Å². The maximum Gasteiger partial charge on any atom is 0.249 e. The lowest BCUT2D eigenvalue weighted by molar-refractivity contribution is -0.140. The van der Waals surface area contributed by atoms with Crippen molar-refractivity contribution in [2.75, 3.05) is 0 Å². The van der Waals surface area contributed by atoms with Gasteiger partial charge in [0.2, 0.25) is 11.8 Å². The number of benzene rings is 2. The number of carbonyl (C=O) groups is 1. The molecule has 3 aromatic rings. The van der Waals surface area contributed by atoms with Crippen LogP contribution in [0.4, 0.5) is 8.78 Å². The molecule has 1 amide bonds. The highest BCUT2D eigenvalue weighted by Crippen LogP contribution is 2.45. The van der Waals surface area contributed by atoms with Gasteiger partial charge in [-0.1, -0.05) is 51.1 Å². The van der Waals surface area contributed by atoms with E-state index in [-0.39, 0.29) is 23.6 Å². The minimum Gasteiger partial charge on any atom is -0.440 e. The average molecular weight is 428 g/mol. The van der Waals surface area contributed by atoms with E-state index in [0.29, 0.717) is 5.76 Å². The van der Waals surface area contributed by atoms with Gasteiger partial charge in [-0.2, -0.15) is 0 Å². The smallest absolute Gasteiger partial charge is 0.249 e. The Morgan fingerprint density at radius 1 is 1.13 bits per heavy atom. The van der Waals surface area contributed by atoms with Crippen LogP contribution in [0, 0.1) is 17.0 Å². The molecule has 0 aliphatic heterocycles. The number of hydrogen-bond donors (Lipinski definition) is 2. The largest absolute Gasteiger partial charge is 0.440 e. The number of halogens is 2. The first-order valence-electron chi connectivity index (χ1n) is 9.92. The molecule has 0 fully saturated rings. The summed E-state index contributed by atoms with van der Waals surface area (Å²) in [6.07, 6.45) is 0.279. The van der Waals surface area contributed by atoms with Crippen molar-refractivity contribution in [3.05, 3.63) is 77.2 Å². The molecule has 7 heteroatoms. The zero-order valence-corrected chi connectivity index (χ0v) is 17.9. The van der Waals surface area contributed by atoms with Crippen LogP contribution >= 0.6 is 0 Å². The molecule has 1 heterocycles. The lowest BCUT2D eigenvalue weighted by Gasteiger charge is -2.38. The van der Waals surface area contributed by atoms with Gasteiger partial charge in [-0.3, -0.25) is 4.79 Å². The molecule has 0 spiro atoms. The Balaban J connectivity index is 2.24. The third-order valence-electron chi connectivity index (χ3n) is 5.29. The molecule has 3 N–H and O–H groups in total. The van der Waals surface area contributed by atoms with Crippen LogP contribution in [0.5, 0.6) is 0 Å². The maximum atomic E-state index is 14.4. The second kappa shape index (κ2) is 8.23. The monoisotopic (exact) mass is 428 g/mol. The lowest BCUT2D eigenvalue weighted by Crippen LogP contribution is -2.50. The average Bonchev–Trinajstić information content (AvgIpc) is 3.05. The normalized spacial score (nSPS) is 14.8. The van der Waals surface area contributed by atoms with Crippen molar-refractivity contribution in [2.45, 2.75) is 45.6 Å². The van der Waals surface area contributed by atoms with Crippen LogP contribution < -0.4 is 5.73 Å². The van der Waals surface area contributed by atoms with Gasteiger partial charge in [0, 0.05) is 12.3 Å². The SMILES string of the molecule is CC(C)(C)[C@H](c1nc(-c2cc(F)ccc2F)oc1Cc1ccccc1)C(C)(O)C(N)=O. The molecule has 164 valence electrons. The molecule has 0 saturated carbocycles. The van der Waals surface area contributed by atoms with E-state index in [1.807, 2.05) is 51.1 Å². The molecule has 31 heavy (non-hydrogen) atoms. The Kier molecular flexibility index (Phi) is 6.00. The second-order valence-electron chi connectivity index (χ2n) is 8.92. The summed E-state index contributed by atoms with van der Waals surface area (Å²) in [5, 5.41) is 11.0. The van der Waals surface area contributed by atoms with Gasteiger partial charge in [0.1, 0.15) is 23.0 Å². The van der Waals surface area contributed by atoms with Gasteiger partial charge in [-0.25, -0.2) is 13.8 Å². The molecule has 0 aliphatic carbocycles. The van der Waals surface area contributed by atoms with Crippen molar-refractivity contribution < 1.29 is 23.1 Å². The fourth-order valence-electron chi connectivity index (χ4n) is 3.94. The minimum absolute atomic E-state index is 0.132. The zero-order valence-electron chi connectivity index (χ0n) is 17.9. The van der Waals surface area contributed by atoms with E-state index in [9.17, 15) is 18.7 Å². The number of aromatic nitrogens is 1. The number of primary amides is 1. The summed E-state index contributed by atoms with van der Waals surface area (Å²) >= 11 is 0. The first-order valence-corrected chi connectivity index (χ1v) is 9.92. The summed E-state index contributed by atoms with van der Waals surface area (Å²) in [5.41, 5.74) is 3.90. The van der Waals surface area contributed by atoms with Crippen LogP contribution in [0.25, 0.3) is 11.5 Å². The highest BCUT2D eigenvalue weighted by atomic mass is 19.1. The number of hydrogen-bond acceptors (Lipinski definition) is 4. The van der Waals surface area contributed by atoms with Crippen LogP contribution in [0.3, 0.4) is 0 Å². The quantitative estimate of drug-likeness (QED) is 0.602. The third-order valence-corrected chi connectivity index (χ3v) is 5.29. The van der Waals surface area contributed by atoms with Crippen LogP contribution in [0.1, 0.15) is 50.6 Å². The van der Waals surface area contributed by atoms with E-state index < -0.39 is 34.5 Å². The Labute approximate surface area is 179 Å². The van der Waals surface area contributed by atoms with Gasteiger partial charge in [-0.15, -0.1) is 0 Å². The summed E-state index contributed by atoms with van der Waals surface area (Å²) in [7, 11) is 0. The number of amides is 1. The minimum atomic E-state index is -1.96. The molecule has 0 saturated heterocycles. The van der Waals surface area contributed by atoms with Gasteiger partial charge in [0.05, 0.1) is 11.3 Å². The molecule has 0 radical (unpaired) electrons. The maximum absolute atomic E-state index is 14.4. The Morgan fingerprint density at radius 2 is 1.77 bits per heavy atom. The summed E-state index contributed by atoms with van der Waals surface area (Å²) in [5.74, 6) is -2.92. The van der Waals surface area contributed by atoms with Crippen molar-refractivity contribution in [3.8, 4) is 11.5 Å². The van der Waals surface area contributed by atoms with E-state index in [1.165, 1.54) is 6.92 Å². The van der Waals surface area contributed by atoms with Crippen molar-refractivity contribution in [3.63, 3.8) is 0 Å². The molecule has 5 nitrogen and oxygen atoms in total. The molecule has 0 bridgehead atoms.